The first-order chi connectivity index (χ1) is 12.4. The predicted molar refractivity (Wildman–Crippen MR) is 109 cm³/mol. The third-order valence-electron chi connectivity index (χ3n) is 5.24. The van der Waals surface area contributed by atoms with Crippen molar-refractivity contribution in [2.24, 2.45) is 0 Å². The molecule has 0 aromatic heterocycles. The summed E-state index contributed by atoms with van der Waals surface area (Å²) >= 11 is 0. The number of rotatable bonds is 19. The maximum absolute atomic E-state index is 10.8. The van der Waals surface area contributed by atoms with Crippen LogP contribution in [-0.4, -0.2) is 29.4 Å². The summed E-state index contributed by atoms with van der Waals surface area (Å²) in [5, 5.41) is 8.79. The van der Waals surface area contributed by atoms with E-state index >= 15 is 0 Å². The van der Waals surface area contributed by atoms with Gasteiger partial charge < -0.3 is 9.66 Å². The smallest absolute Gasteiger partial charge is 0.748 e. The Morgan fingerprint density at radius 2 is 1.07 bits per heavy atom. The van der Waals surface area contributed by atoms with Gasteiger partial charge in [0.25, 0.3) is 0 Å². The van der Waals surface area contributed by atoms with Crippen molar-refractivity contribution in [1.29, 1.82) is 0 Å². The van der Waals surface area contributed by atoms with Crippen LogP contribution < -0.4 is 29.6 Å². The molecule has 0 bridgehead atoms. The van der Waals surface area contributed by atoms with Crippen molar-refractivity contribution in [1.82, 2.24) is 0 Å². The molecule has 2 unspecified atom stereocenters. The molecule has 27 heavy (non-hydrogen) atoms. The van der Waals surface area contributed by atoms with Crippen molar-refractivity contribution < 1.29 is 47.6 Å². The molecule has 0 saturated carbocycles. The van der Waals surface area contributed by atoms with Gasteiger partial charge in [0.05, 0.1) is 16.2 Å². The molecule has 0 fully saturated rings. The van der Waals surface area contributed by atoms with Gasteiger partial charge in [0.15, 0.2) is 0 Å². The van der Waals surface area contributed by atoms with Gasteiger partial charge >= 0.3 is 29.6 Å². The maximum atomic E-state index is 10.8. The summed E-state index contributed by atoms with van der Waals surface area (Å²) in [6, 6.07) is 0. The Balaban J connectivity index is 0. The van der Waals surface area contributed by atoms with Crippen molar-refractivity contribution in [2.45, 2.75) is 134 Å². The van der Waals surface area contributed by atoms with Gasteiger partial charge in [-0.05, 0) is 19.8 Å². The second kappa shape index (κ2) is 20.2. The monoisotopic (exact) mass is 414 g/mol. The average molecular weight is 415 g/mol. The topological polar surface area (TPSA) is 77.4 Å². The Kier molecular flexibility index (Phi) is 22.4. The molecule has 0 saturated heterocycles. The van der Waals surface area contributed by atoms with Gasteiger partial charge in [-0.3, -0.25) is 0 Å². The third kappa shape index (κ3) is 21.4. The molecule has 1 N–H and O–H groups in total. The van der Waals surface area contributed by atoms with Crippen molar-refractivity contribution in [2.75, 3.05) is 0 Å². The number of hydrogen-bond acceptors (Lipinski definition) is 4. The fourth-order valence-electron chi connectivity index (χ4n) is 3.37. The van der Waals surface area contributed by atoms with Crippen LogP contribution in [0.25, 0.3) is 0 Å². The quantitative estimate of drug-likeness (QED) is 0.200. The number of aliphatic hydroxyl groups is 1. The zero-order valence-electron chi connectivity index (χ0n) is 18.3. The summed E-state index contributed by atoms with van der Waals surface area (Å²) in [5.41, 5.74) is 0. The molecule has 0 spiro atoms. The zero-order valence-corrected chi connectivity index (χ0v) is 21.1. The molecule has 6 heteroatoms. The summed E-state index contributed by atoms with van der Waals surface area (Å²) in [4.78, 5) is 0. The third-order valence-corrected chi connectivity index (χ3v) is 6.42. The summed E-state index contributed by atoms with van der Waals surface area (Å²) in [7, 11) is -4.27. The molecule has 4 nitrogen and oxygen atoms in total. The maximum Gasteiger partial charge on any atom is 1.00 e. The summed E-state index contributed by atoms with van der Waals surface area (Å²) in [6.07, 6.45) is 19.5. The van der Waals surface area contributed by atoms with E-state index in [-0.39, 0.29) is 36.0 Å². The molecular weight excluding hydrogens is 371 g/mol. The van der Waals surface area contributed by atoms with Gasteiger partial charge in [0.2, 0.25) is 0 Å². The average Bonchev–Trinajstić information content (AvgIpc) is 2.57. The number of aliphatic hydroxyl groups excluding tert-OH is 1. The first kappa shape index (κ1) is 30.1. The minimum absolute atomic E-state index is 0. The molecule has 0 aliphatic carbocycles. The SMILES string of the molecule is CCCCCCCCCCCCCCCCCC(O)CC(C)S(=O)(=O)[O-].[Na+]. The fourth-order valence-corrected chi connectivity index (χ4v) is 3.83. The van der Waals surface area contributed by atoms with E-state index in [0.29, 0.717) is 6.42 Å². The first-order valence-corrected chi connectivity index (χ1v) is 12.5. The van der Waals surface area contributed by atoms with E-state index in [1.165, 1.54) is 90.4 Å². The molecule has 2 atom stereocenters. The molecule has 0 aromatic carbocycles. The van der Waals surface area contributed by atoms with Crippen molar-refractivity contribution in [3.8, 4) is 0 Å². The van der Waals surface area contributed by atoms with Crippen LogP contribution in [0.1, 0.15) is 123 Å². The normalized spacial score (nSPS) is 13.9. The standard InChI is InChI=1S/C21H44O4S.Na/c1-3-4-5-6-7-8-9-10-11-12-13-14-15-16-17-18-21(22)19-20(2)26(23,24)25;/h20-22H,3-19H2,1-2H3,(H,23,24,25);/q;+1/p-1. The Bertz CT molecular complexity index is 401. The van der Waals surface area contributed by atoms with Crippen LogP contribution in [-0.2, 0) is 10.1 Å². The van der Waals surface area contributed by atoms with Gasteiger partial charge in [-0.15, -0.1) is 0 Å². The van der Waals surface area contributed by atoms with Crippen LogP contribution in [0.2, 0.25) is 0 Å². The van der Waals surface area contributed by atoms with Crippen LogP contribution >= 0.6 is 0 Å². The minimum atomic E-state index is -4.27. The predicted octanol–water partition coefficient (Wildman–Crippen LogP) is 2.94. The van der Waals surface area contributed by atoms with E-state index < -0.39 is 21.5 Å². The summed E-state index contributed by atoms with van der Waals surface area (Å²) in [6.45, 7) is 3.63. The molecule has 0 aliphatic rings. The van der Waals surface area contributed by atoms with E-state index in [9.17, 15) is 18.1 Å². The minimum Gasteiger partial charge on any atom is -0.748 e. The van der Waals surface area contributed by atoms with Crippen molar-refractivity contribution >= 4 is 10.1 Å². The van der Waals surface area contributed by atoms with E-state index in [0.717, 1.165) is 12.8 Å². The Hall–Kier alpha value is 0.870. The van der Waals surface area contributed by atoms with E-state index in [1.54, 1.807) is 0 Å². The molecule has 0 radical (unpaired) electrons. The number of unbranched alkanes of at least 4 members (excludes halogenated alkanes) is 14. The Labute approximate surface area is 191 Å². The molecule has 0 aromatic rings. The van der Waals surface area contributed by atoms with Crippen molar-refractivity contribution in [3.63, 3.8) is 0 Å². The Morgan fingerprint density at radius 3 is 1.41 bits per heavy atom. The molecule has 0 aliphatic heterocycles. The van der Waals surface area contributed by atoms with Gasteiger partial charge in [-0.1, -0.05) is 103 Å². The van der Waals surface area contributed by atoms with Gasteiger partial charge in [0, 0.05) is 5.25 Å². The fraction of sp³-hybridized carbons (Fsp3) is 1.00. The van der Waals surface area contributed by atoms with Crippen LogP contribution in [0.3, 0.4) is 0 Å². The van der Waals surface area contributed by atoms with Gasteiger partial charge in [-0.2, -0.15) is 0 Å². The van der Waals surface area contributed by atoms with Crippen LogP contribution in [0, 0.1) is 0 Å². The number of hydrogen-bond donors (Lipinski definition) is 1. The van der Waals surface area contributed by atoms with Crippen LogP contribution in [0.4, 0.5) is 0 Å². The second-order valence-corrected chi connectivity index (χ2v) is 9.72. The van der Waals surface area contributed by atoms with Crippen molar-refractivity contribution in [3.05, 3.63) is 0 Å². The summed E-state index contributed by atoms with van der Waals surface area (Å²) in [5.74, 6) is 0. The Morgan fingerprint density at radius 1 is 0.741 bits per heavy atom. The second-order valence-electron chi connectivity index (χ2n) is 7.93. The largest absolute Gasteiger partial charge is 1.00 e. The molecule has 0 amide bonds. The van der Waals surface area contributed by atoms with Crippen LogP contribution in [0.5, 0.6) is 0 Å². The van der Waals surface area contributed by atoms with Crippen LogP contribution in [0.15, 0.2) is 0 Å². The molecule has 0 heterocycles. The van der Waals surface area contributed by atoms with Gasteiger partial charge in [0.1, 0.15) is 0 Å². The van der Waals surface area contributed by atoms with E-state index in [4.69, 9.17) is 0 Å². The molecular formula is C21H43NaO4S. The first-order valence-electron chi connectivity index (χ1n) is 11.0. The molecule has 158 valence electrons. The summed E-state index contributed by atoms with van der Waals surface area (Å²) < 4.78 is 32.4. The zero-order chi connectivity index (χ0) is 19.7. The van der Waals surface area contributed by atoms with E-state index in [1.807, 2.05) is 0 Å². The molecule has 0 rings (SSSR count). The van der Waals surface area contributed by atoms with E-state index in [2.05, 4.69) is 6.92 Å². The van der Waals surface area contributed by atoms with Gasteiger partial charge in [-0.25, -0.2) is 8.42 Å².